The second-order valence-corrected chi connectivity index (χ2v) is 9.05. The maximum absolute atomic E-state index is 11.4. The van der Waals surface area contributed by atoms with E-state index in [4.69, 9.17) is 4.74 Å². The molecule has 3 heterocycles. The molecule has 0 amide bonds. The Bertz CT molecular complexity index is 1410. The van der Waals surface area contributed by atoms with Crippen molar-refractivity contribution in [1.82, 2.24) is 19.7 Å². The lowest BCUT2D eigenvalue weighted by molar-refractivity contribution is 0.0696. The highest BCUT2D eigenvalue weighted by Crippen LogP contribution is 2.40. The van der Waals surface area contributed by atoms with E-state index >= 15 is 0 Å². The minimum absolute atomic E-state index is 0.0475. The first-order valence-electron chi connectivity index (χ1n) is 11.6. The zero-order valence-electron chi connectivity index (χ0n) is 19.7. The molecular formula is C27H27N5O3. The predicted octanol–water partition coefficient (Wildman–Crippen LogP) is 4.83. The largest absolute Gasteiger partial charge is 0.496 e. The fourth-order valence-corrected chi connectivity index (χ4v) is 5.20. The number of carbonyl (C=O) groups is 1. The summed E-state index contributed by atoms with van der Waals surface area (Å²) in [6.45, 7) is 3.59. The molecule has 1 aliphatic rings. The van der Waals surface area contributed by atoms with Crippen molar-refractivity contribution in [3.05, 3.63) is 82.8 Å². The number of benzene rings is 2. The van der Waals surface area contributed by atoms with Gasteiger partial charge in [0.05, 0.1) is 30.5 Å². The summed E-state index contributed by atoms with van der Waals surface area (Å²) in [5.41, 5.74) is 5.26. The highest BCUT2D eigenvalue weighted by molar-refractivity contribution is 5.88. The van der Waals surface area contributed by atoms with Crippen LogP contribution < -0.4 is 4.74 Å². The van der Waals surface area contributed by atoms with Crippen LogP contribution >= 0.6 is 0 Å². The third-order valence-electron chi connectivity index (χ3n) is 7.03. The molecule has 2 aromatic heterocycles. The standard InChI is InChI=1S/C27H27N5O3/c1-17-11-25(35-2)23(22-7-9-29-26(17)22)16-31-10-8-21(32-15-18(13-28)14-30-32)12-24(31)19-3-5-20(6-4-19)27(33)34/h3-7,9,11,14-15,21,24,29H,8,10,12,16H2,1-2H3,(H,33,34)/t21-,24-/m1/s1. The Hall–Kier alpha value is -4.09. The molecule has 0 spiro atoms. The molecule has 0 bridgehead atoms. The van der Waals surface area contributed by atoms with E-state index in [0.717, 1.165) is 52.7 Å². The number of nitriles is 1. The van der Waals surface area contributed by atoms with Gasteiger partial charge in [0.25, 0.3) is 0 Å². The Morgan fingerprint density at radius 3 is 2.80 bits per heavy atom. The van der Waals surface area contributed by atoms with Crippen LogP contribution in [0.5, 0.6) is 5.75 Å². The van der Waals surface area contributed by atoms with E-state index in [1.165, 1.54) is 0 Å². The molecule has 2 aromatic carbocycles. The molecule has 0 saturated carbocycles. The zero-order valence-corrected chi connectivity index (χ0v) is 19.7. The van der Waals surface area contributed by atoms with E-state index in [1.54, 1.807) is 31.6 Å². The summed E-state index contributed by atoms with van der Waals surface area (Å²) < 4.78 is 7.68. The van der Waals surface area contributed by atoms with Gasteiger partial charge in [0, 0.05) is 48.0 Å². The molecule has 178 valence electrons. The highest BCUT2D eigenvalue weighted by atomic mass is 16.5. The quantitative estimate of drug-likeness (QED) is 0.419. The highest BCUT2D eigenvalue weighted by Gasteiger charge is 2.32. The van der Waals surface area contributed by atoms with Crippen molar-refractivity contribution in [2.45, 2.75) is 38.4 Å². The zero-order chi connectivity index (χ0) is 24.5. The molecule has 2 N–H and O–H groups in total. The Balaban J connectivity index is 1.51. The average Bonchev–Trinajstić information content (AvgIpc) is 3.56. The first-order chi connectivity index (χ1) is 17.0. The normalized spacial score (nSPS) is 18.4. The number of aromatic amines is 1. The molecule has 8 heteroatoms. The number of piperidine rings is 1. The number of aryl methyl sites for hydroxylation is 1. The third-order valence-corrected chi connectivity index (χ3v) is 7.03. The SMILES string of the molecule is COc1cc(C)c2[nH]ccc2c1CN1CC[C@@H](n2cc(C#N)cn2)C[C@@H]1c1ccc(C(=O)O)cc1. The topological polar surface area (TPSA) is 107 Å². The van der Waals surface area contributed by atoms with Crippen LogP contribution in [0.2, 0.25) is 0 Å². The number of aromatic carboxylic acids is 1. The summed E-state index contributed by atoms with van der Waals surface area (Å²) in [4.78, 5) is 17.2. The molecule has 4 aromatic rings. The number of ether oxygens (including phenoxy) is 1. The summed E-state index contributed by atoms with van der Waals surface area (Å²) in [6.07, 6.45) is 7.05. The van der Waals surface area contributed by atoms with Gasteiger partial charge in [-0.2, -0.15) is 10.4 Å². The Kier molecular flexibility index (Phi) is 6.01. The maximum Gasteiger partial charge on any atom is 0.335 e. The van der Waals surface area contributed by atoms with Gasteiger partial charge in [-0.15, -0.1) is 0 Å². The molecule has 8 nitrogen and oxygen atoms in total. The number of hydrogen-bond donors (Lipinski definition) is 2. The van der Waals surface area contributed by atoms with Gasteiger partial charge in [0.1, 0.15) is 11.8 Å². The number of carboxylic acids is 1. The number of rotatable bonds is 6. The molecule has 1 aliphatic heterocycles. The molecule has 35 heavy (non-hydrogen) atoms. The van der Waals surface area contributed by atoms with Crippen molar-refractivity contribution in [2.24, 2.45) is 0 Å². The summed E-state index contributed by atoms with van der Waals surface area (Å²) >= 11 is 0. The Morgan fingerprint density at radius 1 is 1.31 bits per heavy atom. The summed E-state index contributed by atoms with van der Waals surface area (Å²) in [5.74, 6) is -0.0721. The van der Waals surface area contributed by atoms with E-state index in [2.05, 4.69) is 40.1 Å². The fraction of sp³-hybridized carbons (Fsp3) is 0.296. The summed E-state index contributed by atoms with van der Waals surface area (Å²) in [7, 11) is 1.70. The number of hydrogen-bond acceptors (Lipinski definition) is 5. The molecule has 0 aliphatic carbocycles. The van der Waals surface area contributed by atoms with Gasteiger partial charge in [-0.3, -0.25) is 9.58 Å². The number of likely N-dealkylation sites (tertiary alicyclic amines) is 1. The van der Waals surface area contributed by atoms with Crippen molar-refractivity contribution in [1.29, 1.82) is 5.26 Å². The van der Waals surface area contributed by atoms with Gasteiger partial charge in [0.15, 0.2) is 0 Å². The van der Waals surface area contributed by atoms with Gasteiger partial charge in [-0.05, 0) is 55.2 Å². The van der Waals surface area contributed by atoms with E-state index in [9.17, 15) is 15.2 Å². The number of H-pyrrole nitrogens is 1. The molecule has 1 fully saturated rings. The maximum atomic E-state index is 11.4. The van der Waals surface area contributed by atoms with Crippen LogP contribution in [-0.2, 0) is 6.54 Å². The van der Waals surface area contributed by atoms with Crippen LogP contribution in [0.25, 0.3) is 10.9 Å². The Labute approximate surface area is 203 Å². The number of nitrogens with one attached hydrogen (secondary N) is 1. The molecule has 5 rings (SSSR count). The lowest BCUT2D eigenvalue weighted by Gasteiger charge is -2.40. The lowest BCUT2D eigenvalue weighted by atomic mass is 9.90. The van der Waals surface area contributed by atoms with Crippen molar-refractivity contribution in [3.8, 4) is 11.8 Å². The van der Waals surface area contributed by atoms with Gasteiger partial charge in [-0.25, -0.2) is 4.79 Å². The van der Waals surface area contributed by atoms with Crippen LogP contribution in [-0.4, -0.2) is 44.4 Å². The molecular weight excluding hydrogens is 442 g/mol. The van der Waals surface area contributed by atoms with Crippen LogP contribution in [0.1, 0.15) is 57.5 Å². The van der Waals surface area contributed by atoms with Gasteiger partial charge in [0.2, 0.25) is 0 Å². The van der Waals surface area contributed by atoms with Gasteiger partial charge in [-0.1, -0.05) is 12.1 Å². The van der Waals surface area contributed by atoms with E-state index in [-0.39, 0.29) is 17.6 Å². The first kappa shape index (κ1) is 22.7. The third kappa shape index (κ3) is 4.27. The van der Waals surface area contributed by atoms with Crippen molar-refractivity contribution < 1.29 is 14.6 Å². The fourth-order valence-electron chi connectivity index (χ4n) is 5.20. The van der Waals surface area contributed by atoms with Crippen molar-refractivity contribution in [3.63, 3.8) is 0 Å². The monoisotopic (exact) mass is 469 g/mol. The van der Waals surface area contributed by atoms with Gasteiger partial charge < -0.3 is 14.8 Å². The van der Waals surface area contributed by atoms with E-state index < -0.39 is 5.97 Å². The summed E-state index contributed by atoms with van der Waals surface area (Å²) in [6, 6.07) is 13.7. The Morgan fingerprint density at radius 2 is 2.11 bits per heavy atom. The minimum atomic E-state index is -0.935. The second kappa shape index (κ2) is 9.28. The minimum Gasteiger partial charge on any atom is -0.496 e. The second-order valence-electron chi connectivity index (χ2n) is 9.05. The number of carboxylic acid groups (broad SMARTS) is 1. The van der Waals surface area contributed by atoms with Crippen LogP contribution in [0.4, 0.5) is 0 Å². The molecule has 2 atom stereocenters. The molecule has 0 radical (unpaired) electrons. The predicted molar refractivity (Wildman–Crippen MR) is 131 cm³/mol. The number of methoxy groups -OCH3 is 1. The number of nitrogens with zero attached hydrogens (tertiary/aromatic N) is 4. The average molecular weight is 470 g/mol. The van der Waals surface area contributed by atoms with Gasteiger partial charge >= 0.3 is 5.97 Å². The smallest absolute Gasteiger partial charge is 0.335 e. The van der Waals surface area contributed by atoms with Crippen molar-refractivity contribution >= 4 is 16.9 Å². The van der Waals surface area contributed by atoms with E-state index in [1.807, 2.05) is 23.0 Å². The lowest BCUT2D eigenvalue weighted by Crippen LogP contribution is -2.37. The van der Waals surface area contributed by atoms with Crippen LogP contribution in [0, 0.1) is 18.3 Å². The van der Waals surface area contributed by atoms with Crippen LogP contribution in [0.3, 0.4) is 0 Å². The number of aromatic nitrogens is 3. The summed E-state index contributed by atoms with van der Waals surface area (Å²) in [5, 5.41) is 24.1. The first-order valence-corrected chi connectivity index (χ1v) is 11.6. The molecule has 0 unspecified atom stereocenters. The van der Waals surface area contributed by atoms with E-state index in [0.29, 0.717) is 12.1 Å². The molecule has 1 saturated heterocycles. The van der Waals surface area contributed by atoms with Crippen molar-refractivity contribution in [2.75, 3.05) is 13.7 Å². The number of fused-ring (bicyclic) bond motifs is 1. The van der Waals surface area contributed by atoms with Crippen LogP contribution in [0.15, 0.2) is 55.0 Å².